The Balaban J connectivity index is 1.76. The molecule has 2 heterocycles. The van der Waals surface area contributed by atoms with Gasteiger partial charge in [-0.15, -0.1) is 0 Å². The molecule has 0 radical (unpaired) electrons. The molecule has 0 aliphatic carbocycles. The van der Waals surface area contributed by atoms with E-state index in [0.717, 1.165) is 24.2 Å². The fourth-order valence-corrected chi connectivity index (χ4v) is 2.91. The number of ketones is 1. The van der Waals surface area contributed by atoms with Crippen molar-refractivity contribution in [1.29, 1.82) is 0 Å². The van der Waals surface area contributed by atoms with Gasteiger partial charge in [0.05, 0.1) is 19.8 Å². The highest BCUT2D eigenvalue weighted by atomic mass is 16.5. The molecule has 3 rings (SSSR count). The number of ether oxygens (including phenoxy) is 1. The summed E-state index contributed by atoms with van der Waals surface area (Å²) in [6, 6.07) is 7.59. The minimum atomic E-state index is 0.113. The van der Waals surface area contributed by atoms with E-state index < -0.39 is 0 Å². The van der Waals surface area contributed by atoms with Crippen LogP contribution in [0.2, 0.25) is 0 Å². The van der Waals surface area contributed by atoms with Gasteiger partial charge >= 0.3 is 0 Å². The first kappa shape index (κ1) is 14.1. The Morgan fingerprint density at radius 3 is 2.71 bits per heavy atom. The molecule has 21 heavy (non-hydrogen) atoms. The Labute approximate surface area is 124 Å². The highest BCUT2D eigenvalue weighted by molar-refractivity contribution is 6.02. The van der Waals surface area contributed by atoms with Crippen molar-refractivity contribution in [2.45, 2.75) is 12.8 Å². The van der Waals surface area contributed by atoms with Crippen LogP contribution < -0.4 is 4.90 Å². The Hall–Kier alpha value is -1.88. The van der Waals surface area contributed by atoms with Crippen molar-refractivity contribution in [3.05, 3.63) is 29.8 Å². The average Bonchev–Trinajstić information content (AvgIpc) is 2.69. The number of fused-ring (bicyclic) bond motifs is 1. The second kappa shape index (κ2) is 6.26. The zero-order chi connectivity index (χ0) is 14.7. The van der Waals surface area contributed by atoms with Crippen LogP contribution in [0.15, 0.2) is 24.3 Å². The van der Waals surface area contributed by atoms with Crippen LogP contribution in [0.1, 0.15) is 23.2 Å². The molecule has 0 saturated carbocycles. The summed E-state index contributed by atoms with van der Waals surface area (Å²) >= 11 is 0. The fraction of sp³-hybridized carbons (Fsp3) is 0.500. The molecule has 1 amide bonds. The maximum absolute atomic E-state index is 12.4. The van der Waals surface area contributed by atoms with Crippen molar-refractivity contribution in [2.75, 3.05) is 44.3 Å². The number of rotatable bonds is 2. The lowest BCUT2D eigenvalue weighted by Gasteiger charge is -2.30. The highest BCUT2D eigenvalue weighted by Crippen LogP contribution is 2.26. The predicted octanol–water partition coefficient (Wildman–Crippen LogP) is 1.33. The van der Waals surface area contributed by atoms with Crippen LogP contribution in [0, 0.1) is 0 Å². The molecule has 2 aliphatic rings. The van der Waals surface area contributed by atoms with Crippen LogP contribution in [0.25, 0.3) is 0 Å². The number of Topliss-reactive ketones (excluding diaryl/α,β-unsaturated/α-hetero) is 1. The SMILES string of the molecule is O=C1CCCN(CC(=O)N2CCOCC2)c2ccccc21. The minimum Gasteiger partial charge on any atom is -0.378 e. The molecule has 1 saturated heterocycles. The van der Waals surface area contributed by atoms with Gasteiger partial charge in [0.15, 0.2) is 5.78 Å². The van der Waals surface area contributed by atoms with Crippen molar-refractivity contribution in [1.82, 2.24) is 4.90 Å². The molecular formula is C16H20N2O3. The summed E-state index contributed by atoms with van der Waals surface area (Å²) in [6.45, 7) is 3.63. The predicted molar refractivity (Wildman–Crippen MR) is 79.6 cm³/mol. The smallest absolute Gasteiger partial charge is 0.242 e. The van der Waals surface area contributed by atoms with Crippen LogP contribution in [0.5, 0.6) is 0 Å². The molecule has 1 aromatic rings. The molecule has 5 nitrogen and oxygen atoms in total. The van der Waals surface area contributed by atoms with Gasteiger partial charge in [-0.2, -0.15) is 0 Å². The van der Waals surface area contributed by atoms with E-state index in [9.17, 15) is 9.59 Å². The number of para-hydroxylation sites is 1. The Kier molecular flexibility index (Phi) is 4.20. The molecule has 0 unspecified atom stereocenters. The van der Waals surface area contributed by atoms with Crippen LogP contribution in [0.3, 0.4) is 0 Å². The Morgan fingerprint density at radius 1 is 1.14 bits per heavy atom. The number of benzene rings is 1. The summed E-state index contributed by atoms with van der Waals surface area (Å²) in [5.41, 5.74) is 1.63. The number of carbonyl (C=O) groups excluding carboxylic acids is 2. The van der Waals surface area contributed by atoms with Crippen LogP contribution in [0.4, 0.5) is 5.69 Å². The molecule has 0 spiro atoms. The lowest BCUT2D eigenvalue weighted by atomic mass is 10.1. The molecule has 112 valence electrons. The molecule has 1 fully saturated rings. The van der Waals surface area contributed by atoms with Gasteiger partial charge in [0, 0.05) is 37.3 Å². The first-order valence-corrected chi connectivity index (χ1v) is 7.48. The zero-order valence-electron chi connectivity index (χ0n) is 12.1. The molecule has 2 aliphatic heterocycles. The highest BCUT2D eigenvalue weighted by Gasteiger charge is 2.24. The van der Waals surface area contributed by atoms with Gasteiger partial charge in [0.1, 0.15) is 0 Å². The van der Waals surface area contributed by atoms with Crippen LogP contribution >= 0.6 is 0 Å². The topological polar surface area (TPSA) is 49.9 Å². The van der Waals surface area contributed by atoms with Gasteiger partial charge in [-0.3, -0.25) is 9.59 Å². The largest absolute Gasteiger partial charge is 0.378 e. The molecule has 0 N–H and O–H groups in total. The van der Waals surface area contributed by atoms with Gasteiger partial charge < -0.3 is 14.5 Å². The van der Waals surface area contributed by atoms with E-state index in [2.05, 4.69) is 0 Å². The normalized spacial score (nSPS) is 19.1. The summed E-state index contributed by atoms with van der Waals surface area (Å²) in [6.07, 6.45) is 1.35. The van der Waals surface area contributed by atoms with Gasteiger partial charge in [0.25, 0.3) is 0 Å². The van der Waals surface area contributed by atoms with Crippen LogP contribution in [-0.4, -0.2) is 56.0 Å². The van der Waals surface area contributed by atoms with Gasteiger partial charge in [0.2, 0.25) is 5.91 Å². The first-order valence-electron chi connectivity index (χ1n) is 7.48. The molecule has 0 aromatic heterocycles. The molecule has 0 atom stereocenters. The summed E-state index contributed by atoms with van der Waals surface area (Å²) in [7, 11) is 0. The molecular weight excluding hydrogens is 268 g/mol. The second-order valence-electron chi connectivity index (χ2n) is 5.46. The lowest BCUT2D eigenvalue weighted by Crippen LogP contribution is -2.46. The molecule has 5 heteroatoms. The average molecular weight is 288 g/mol. The summed E-state index contributed by atoms with van der Waals surface area (Å²) in [4.78, 5) is 28.4. The van der Waals surface area contributed by atoms with Gasteiger partial charge in [-0.25, -0.2) is 0 Å². The third-order valence-corrected chi connectivity index (χ3v) is 4.07. The lowest BCUT2D eigenvalue weighted by molar-refractivity contribution is -0.133. The Bertz CT molecular complexity index is 538. The second-order valence-corrected chi connectivity index (χ2v) is 5.46. The van der Waals surface area contributed by atoms with E-state index in [1.54, 1.807) is 0 Å². The summed E-state index contributed by atoms with van der Waals surface area (Å²) in [5, 5.41) is 0. The van der Waals surface area contributed by atoms with Gasteiger partial charge in [-0.1, -0.05) is 12.1 Å². The monoisotopic (exact) mass is 288 g/mol. The molecule has 0 bridgehead atoms. The van der Waals surface area contributed by atoms with E-state index in [0.29, 0.717) is 39.3 Å². The Morgan fingerprint density at radius 2 is 1.90 bits per heavy atom. The summed E-state index contributed by atoms with van der Waals surface area (Å²) in [5.74, 6) is 0.286. The third kappa shape index (κ3) is 3.08. The maximum Gasteiger partial charge on any atom is 0.242 e. The summed E-state index contributed by atoms with van der Waals surface area (Å²) < 4.78 is 5.28. The van der Waals surface area contributed by atoms with Crippen molar-refractivity contribution in [3.63, 3.8) is 0 Å². The van der Waals surface area contributed by atoms with Crippen molar-refractivity contribution in [2.24, 2.45) is 0 Å². The van der Waals surface area contributed by atoms with E-state index in [1.807, 2.05) is 34.1 Å². The van der Waals surface area contributed by atoms with E-state index in [4.69, 9.17) is 4.74 Å². The number of hydrogen-bond acceptors (Lipinski definition) is 4. The minimum absolute atomic E-state index is 0.113. The van der Waals surface area contributed by atoms with E-state index in [-0.39, 0.29) is 11.7 Å². The number of carbonyl (C=O) groups is 2. The van der Waals surface area contributed by atoms with Crippen molar-refractivity contribution < 1.29 is 14.3 Å². The number of amides is 1. The number of nitrogens with zero attached hydrogens (tertiary/aromatic N) is 2. The van der Waals surface area contributed by atoms with Crippen LogP contribution in [-0.2, 0) is 9.53 Å². The zero-order valence-corrected chi connectivity index (χ0v) is 12.1. The number of anilines is 1. The standard InChI is InChI=1S/C16H20N2O3/c19-15-6-3-7-18(14-5-2-1-4-13(14)15)12-16(20)17-8-10-21-11-9-17/h1-2,4-5H,3,6-12H2. The van der Waals surface area contributed by atoms with E-state index >= 15 is 0 Å². The quantitative estimate of drug-likeness (QED) is 0.824. The maximum atomic E-state index is 12.4. The fourth-order valence-electron chi connectivity index (χ4n) is 2.91. The molecule has 1 aromatic carbocycles. The van der Waals surface area contributed by atoms with E-state index in [1.165, 1.54) is 0 Å². The van der Waals surface area contributed by atoms with Crippen molar-refractivity contribution in [3.8, 4) is 0 Å². The van der Waals surface area contributed by atoms with Crippen molar-refractivity contribution >= 4 is 17.4 Å². The third-order valence-electron chi connectivity index (χ3n) is 4.07. The van der Waals surface area contributed by atoms with Gasteiger partial charge in [-0.05, 0) is 18.6 Å². The number of hydrogen-bond donors (Lipinski definition) is 0. The first-order chi connectivity index (χ1) is 10.3. The number of morpholine rings is 1.